The molecule has 0 spiro atoms. The summed E-state index contributed by atoms with van der Waals surface area (Å²) in [5.74, 6) is 2.05. The molecule has 0 aliphatic carbocycles. The van der Waals surface area contributed by atoms with Crippen LogP contribution in [0.2, 0.25) is 0 Å². The van der Waals surface area contributed by atoms with E-state index in [0.717, 1.165) is 53.2 Å². The van der Waals surface area contributed by atoms with Crippen molar-refractivity contribution in [3.63, 3.8) is 0 Å². The Kier molecular flexibility index (Phi) is 7.86. The Bertz CT molecular complexity index is 1740. The second-order valence-electron chi connectivity index (χ2n) is 10.1. The third kappa shape index (κ3) is 6.13. The van der Waals surface area contributed by atoms with Crippen LogP contribution in [0.25, 0.3) is 17.1 Å². The van der Waals surface area contributed by atoms with Crippen molar-refractivity contribution in [2.45, 2.75) is 25.3 Å². The predicted octanol–water partition coefficient (Wildman–Crippen LogP) is 5.55. The quantitative estimate of drug-likeness (QED) is 0.181. The van der Waals surface area contributed by atoms with Gasteiger partial charge >= 0.3 is 0 Å². The van der Waals surface area contributed by atoms with Crippen molar-refractivity contribution in [1.82, 2.24) is 25.1 Å². The zero-order valence-corrected chi connectivity index (χ0v) is 22.9. The van der Waals surface area contributed by atoms with E-state index < -0.39 is 0 Å². The number of nitrogens with zero attached hydrogens (tertiary/aromatic N) is 5. The molecular weight excluding hydrogens is 526 g/mol. The fraction of sp³-hybridized carbons (Fsp3) is 0.182. The molecule has 5 aromatic rings. The number of H-pyrrole nitrogens is 1. The van der Waals surface area contributed by atoms with E-state index in [1.54, 1.807) is 29.4 Å². The summed E-state index contributed by atoms with van der Waals surface area (Å²) in [6.45, 7) is 1.02. The molecule has 9 heteroatoms. The van der Waals surface area contributed by atoms with Gasteiger partial charge in [-0.05, 0) is 78.9 Å². The zero-order chi connectivity index (χ0) is 28.7. The summed E-state index contributed by atoms with van der Waals surface area (Å²) >= 11 is 0. The van der Waals surface area contributed by atoms with Gasteiger partial charge in [-0.1, -0.05) is 36.4 Å². The number of pyridine rings is 2. The number of hydrogen-bond acceptors (Lipinski definition) is 7. The first kappa shape index (κ1) is 26.7. The Balaban J connectivity index is 1.10. The number of para-hydroxylation sites is 1. The maximum absolute atomic E-state index is 13.1. The van der Waals surface area contributed by atoms with E-state index in [4.69, 9.17) is 4.74 Å². The van der Waals surface area contributed by atoms with Gasteiger partial charge in [0.05, 0.1) is 11.1 Å². The number of aromatic nitrogens is 4. The van der Waals surface area contributed by atoms with Crippen LogP contribution in [0.4, 0.5) is 5.82 Å². The summed E-state index contributed by atoms with van der Waals surface area (Å²) in [7, 11) is 0. The normalized spacial score (nSPS) is 15.0. The first-order valence-corrected chi connectivity index (χ1v) is 13.9. The lowest BCUT2D eigenvalue weighted by Gasteiger charge is -2.17. The van der Waals surface area contributed by atoms with E-state index in [1.165, 1.54) is 11.6 Å². The summed E-state index contributed by atoms with van der Waals surface area (Å²) in [5.41, 5.74) is 3.71. The molecule has 1 amide bonds. The molecule has 1 aliphatic heterocycles. The van der Waals surface area contributed by atoms with E-state index in [1.807, 2.05) is 60.7 Å². The second-order valence-corrected chi connectivity index (χ2v) is 10.1. The lowest BCUT2D eigenvalue weighted by molar-refractivity contribution is -0.125. The molecule has 2 N–H and O–H groups in total. The van der Waals surface area contributed by atoms with Gasteiger partial charge in [0.1, 0.15) is 23.1 Å². The van der Waals surface area contributed by atoms with Crippen LogP contribution in [0.3, 0.4) is 0 Å². The lowest BCUT2D eigenvalue weighted by Crippen LogP contribution is -2.32. The average Bonchev–Trinajstić information content (AvgIpc) is 3.68. The number of benzene rings is 2. The number of fused-ring (bicyclic) bond motifs is 1. The second kappa shape index (κ2) is 12.4. The number of rotatable bonds is 9. The van der Waals surface area contributed by atoms with Gasteiger partial charge in [0.25, 0.3) is 5.91 Å². The molecule has 9 nitrogen and oxygen atoms in total. The van der Waals surface area contributed by atoms with Gasteiger partial charge in [-0.15, -0.1) is 0 Å². The number of amides is 1. The molecule has 208 valence electrons. The number of aromatic amines is 1. The summed E-state index contributed by atoms with van der Waals surface area (Å²) < 4.78 is 5.92. The van der Waals surface area contributed by atoms with Gasteiger partial charge < -0.3 is 15.0 Å². The molecule has 4 heterocycles. The Morgan fingerprint density at radius 1 is 1.00 bits per heavy atom. The maximum atomic E-state index is 13.1. The number of nitriles is 1. The molecule has 1 atom stereocenters. The van der Waals surface area contributed by atoms with Crippen LogP contribution in [-0.2, 0) is 17.6 Å². The molecule has 2 aromatic carbocycles. The molecule has 0 radical (unpaired) electrons. The summed E-state index contributed by atoms with van der Waals surface area (Å²) in [6, 6.07) is 27.4. The van der Waals surface area contributed by atoms with Gasteiger partial charge in [-0.25, -0.2) is 4.98 Å². The lowest BCUT2D eigenvalue weighted by atomic mass is 10.0. The molecular formula is C33H29N7O2. The highest BCUT2D eigenvalue weighted by atomic mass is 16.5. The minimum Gasteiger partial charge on any atom is -0.457 e. The monoisotopic (exact) mass is 555 g/mol. The minimum atomic E-state index is -0.290. The minimum absolute atomic E-state index is 0.000424. The van der Waals surface area contributed by atoms with Gasteiger partial charge in [0.2, 0.25) is 0 Å². The highest BCUT2D eigenvalue weighted by molar-refractivity contribution is 6.01. The molecule has 1 fully saturated rings. The van der Waals surface area contributed by atoms with Crippen LogP contribution in [0.15, 0.2) is 96.8 Å². The van der Waals surface area contributed by atoms with Crippen molar-refractivity contribution < 1.29 is 9.53 Å². The molecule has 6 rings (SSSR count). The molecule has 0 saturated carbocycles. The predicted molar refractivity (Wildman–Crippen MR) is 161 cm³/mol. The molecule has 0 bridgehead atoms. The Labute approximate surface area is 243 Å². The average molecular weight is 556 g/mol. The van der Waals surface area contributed by atoms with Crippen LogP contribution in [0, 0.1) is 11.3 Å². The van der Waals surface area contributed by atoms with Crippen LogP contribution in [-0.4, -0.2) is 50.1 Å². The van der Waals surface area contributed by atoms with Crippen molar-refractivity contribution in [1.29, 1.82) is 5.26 Å². The van der Waals surface area contributed by atoms with Crippen LogP contribution in [0.5, 0.6) is 11.5 Å². The Morgan fingerprint density at radius 3 is 2.60 bits per heavy atom. The molecule has 1 aliphatic rings. The number of anilines is 1. The maximum Gasteiger partial charge on any atom is 0.264 e. The SMILES string of the molecule is N#C/C(=C\c1ccccn1)C(=O)N1CC[C@@H](Nc2n[nH]c3nccc(CCc4ccc(Oc5ccccc5)cc4)c23)C1. The van der Waals surface area contributed by atoms with Crippen molar-refractivity contribution in [3.8, 4) is 17.6 Å². The van der Waals surface area contributed by atoms with Crippen molar-refractivity contribution in [2.24, 2.45) is 0 Å². The molecule has 0 unspecified atom stereocenters. The Hall–Kier alpha value is -5.49. The van der Waals surface area contributed by atoms with Crippen molar-refractivity contribution >= 4 is 28.8 Å². The first-order chi connectivity index (χ1) is 20.7. The van der Waals surface area contributed by atoms with Crippen LogP contribution < -0.4 is 10.1 Å². The zero-order valence-electron chi connectivity index (χ0n) is 22.9. The number of hydrogen-bond donors (Lipinski definition) is 2. The highest BCUT2D eigenvalue weighted by Crippen LogP contribution is 2.27. The van der Waals surface area contributed by atoms with Crippen molar-refractivity contribution in [2.75, 3.05) is 18.4 Å². The summed E-state index contributed by atoms with van der Waals surface area (Å²) in [6.07, 6.45) is 7.37. The van der Waals surface area contributed by atoms with Crippen molar-refractivity contribution in [3.05, 3.63) is 114 Å². The molecule has 3 aromatic heterocycles. The Morgan fingerprint density at radius 2 is 1.81 bits per heavy atom. The fourth-order valence-corrected chi connectivity index (χ4v) is 5.13. The van der Waals surface area contributed by atoms with E-state index in [0.29, 0.717) is 18.8 Å². The van der Waals surface area contributed by atoms with Gasteiger partial charge in [-0.3, -0.25) is 14.9 Å². The van der Waals surface area contributed by atoms with Crippen LogP contribution >= 0.6 is 0 Å². The van der Waals surface area contributed by atoms with Crippen LogP contribution in [0.1, 0.15) is 23.2 Å². The number of carbonyl (C=O) groups is 1. The first-order valence-electron chi connectivity index (χ1n) is 13.9. The smallest absolute Gasteiger partial charge is 0.264 e. The molecule has 1 saturated heterocycles. The topological polar surface area (TPSA) is 120 Å². The summed E-state index contributed by atoms with van der Waals surface area (Å²) in [4.78, 5) is 23.4. The number of nitrogens with one attached hydrogen (secondary N) is 2. The number of carbonyl (C=O) groups excluding carboxylic acids is 1. The van der Waals surface area contributed by atoms with E-state index in [9.17, 15) is 10.1 Å². The number of ether oxygens (including phenoxy) is 1. The van der Waals surface area contributed by atoms with E-state index in [2.05, 4.69) is 37.6 Å². The number of aryl methyl sites for hydroxylation is 2. The largest absolute Gasteiger partial charge is 0.457 e. The van der Waals surface area contributed by atoms with E-state index >= 15 is 0 Å². The standard InChI is InChI=1S/C33H29N7O2/c34-21-25(20-26-6-4-5-17-35-26)33(41)40-19-16-27(22-40)37-32-30-24(15-18-36-31(30)38-39-32)12-9-23-10-13-29(14-11-23)42-28-7-2-1-3-8-28/h1-8,10-11,13-15,17-18,20,27H,9,12,16,19,22H2,(H2,36,37,38,39)/b25-20+/t27-/m1/s1. The number of likely N-dealkylation sites (tertiary alicyclic amines) is 1. The van der Waals surface area contributed by atoms with Gasteiger partial charge in [0.15, 0.2) is 11.5 Å². The highest BCUT2D eigenvalue weighted by Gasteiger charge is 2.29. The van der Waals surface area contributed by atoms with E-state index in [-0.39, 0.29) is 17.5 Å². The third-order valence-electron chi connectivity index (χ3n) is 7.28. The van der Waals surface area contributed by atoms with Gasteiger partial charge in [-0.2, -0.15) is 10.4 Å². The fourth-order valence-electron chi connectivity index (χ4n) is 5.13. The molecule has 42 heavy (non-hydrogen) atoms. The summed E-state index contributed by atoms with van der Waals surface area (Å²) in [5, 5.41) is 21.6. The van der Waals surface area contributed by atoms with Gasteiger partial charge in [0, 0.05) is 31.5 Å². The third-order valence-corrected chi connectivity index (χ3v) is 7.28.